The number of sulfone groups is 1. The molecule has 1 aliphatic heterocycles. The van der Waals surface area contributed by atoms with Crippen molar-refractivity contribution in [3.63, 3.8) is 0 Å². The van der Waals surface area contributed by atoms with E-state index in [4.69, 9.17) is 4.74 Å². The van der Waals surface area contributed by atoms with Gasteiger partial charge in [-0.05, 0) is 6.42 Å². The maximum Gasteiger partial charge on any atom is 0.433 e. The smallest absolute Gasteiger partial charge is 0.355 e. The lowest BCUT2D eigenvalue weighted by molar-refractivity contribution is 0.136. The molecule has 1 atom stereocenters. The molecule has 0 aromatic carbocycles. The second-order valence-corrected chi connectivity index (χ2v) is 4.74. The van der Waals surface area contributed by atoms with Gasteiger partial charge in [0.05, 0.1) is 0 Å². The van der Waals surface area contributed by atoms with E-state index in [1.165, 1.54) is 7.05 Å². The Morgan fingerprint density at radius 2 is 2.40 bits per heavy atom. The highest BCUT2D eigenvalue weighted by molar-refractivity contribution is 8.06. The number of nitrogens with zero attached hydrogens (tertiary/aromatic N) is 1. The molecule has 0 saturated carbocycles. The van der Waals surface area contributed by atoms with Gasteiger partial charge in [-0.25, -0.2) is 13.2 Å². The molecule has 86 valence electrons. The van der Waals surface area contributed by atoms with Crippen LogP contribution >= 0.6 is 0 Å². The van der Waals surface area contributed by atoms with Gasteiger partial charge in [0, 0.05) is 7.05 Å². The van der Waals surface area contributed by atoms with Crippen LogP contribution in [0.4, 0.5) is 4.79 Å². The Labute approximate surface area is 87.3 Å². The van der Waals surface area contributed by atoms with Crippen LogP contribution in [0.2, 0.25) is 0 Å². The maximum atomic E-state index is 11.4. The molecule has 0 bridgehead atoms. The number of nitrogens with one attached hydrogen (secondary N) is 1. The first-order chi connectivity index (χ1) is 7.01. The van der Waals surface area contributed by atoms with E-state index in [-0.39, 0.29) is 5.04 Å². The van der Waals surface area contributed by atoms with Gasteiger partial charge in [-0.2, -0.15) is 0 Å². The zero-order valence-corrected chi connectivity index (χ0v) is 9.20. The number of ether oxygens (including phenoxy) is 1. The lowest BCUT2D eigenvalue weighted by atomic mass is 10.3. The highest BCUT2D eigenvalue weighted by Gasteiger charge is 2.37. The van der Waals surface area contributed by atoms with Gasteiger partial charge in [0.25, 0.3) is 0 Å². The summed E-state index contributed by atoms with van der Waals surface area (Å²) in [5.41, 5.74) is 0. The van der Waals surface area contributed by atoms with Crippen molar-refractivity contribution in [3.05, 3.63) is 0 Å². The number of hydrogen-bond donors (Lipinski definition) is 1. The number of amides is 1. The van der Waals surface area contributed by atoms with E-state index in [0.29, 0.717) is 6.42 Å². The molecular weight excluding hydrogens is 224 g/mol. The zero-order valence-electron chi connectivity index (χ0n) is 8.39. The Morgan fingerprint density at radius 1 is 1.73 bits per heavy atom. The van der Waals surface area contributed by atoms with Crippen LogP contribution in [0, 0.1) is 0 Å². The summed E-state index contributed by atoms with van der Waals surface area (Å²) in [5.74, 6) is -0.415. The fourth-order valence-corrected chi connectivity index (χ4v) is 2.29. The minimum absolute atomic E-state index is 0.228. The minimum Gasteiger partial charge on any atom is -0.355 e. The van der Waals surface area contributed by atoms with Crippen LogP contribution < -0.4 is 5.32 Å². The number of carbonyl (C=O) groups excluding carboxylic acids is 1. The Hall–Kier alpha value is -1.15. The molecule has 1 fully saturated rings. The van der Waals surface area contributed by atoms with Gasteiger partial charge >= 0.3 is 6.09 Å². The zero-order chi connectivity index (χ0) is 11.5. The Bertz CT molecular complexity index is 375. The van der Waals surface area contributed by atoms with Crippen molar-refractivity contribution < 1.29 is 22.8 Å². The van der Waals surface area contributed by atoms with Crippen molar-refractivity contribution in [3.8, 4) is 0 Å². The predicted molar refractivity (Wildman–Crippen MR) is 51.9 cm³/mol. The topological polar surface area (TPSA) is 94.1 Å². The summed E-state index contributed by atoms with van der Waals surface area (Å²) in [6, 6.07) is 0. The van der Waals surface area contributed by atoms with Crippen LogP contribution in [-0.4, -0.2) is 38.6 Å². The molecule has 7 nitrogen and oxygen atoms in total. The van der Waals surface area contributed by atoms with Gasteiger partial charge in [0.15, 0.2) is 5.94 Å². The standard InChI is InChI=1S/C7H12N2O5S/c1-3-5-6(9-14-7(10)8-2)15(11,12)4-13-5/h5H,3-4H2,1-2H3,(H,8,10). The first kappa shape index (κ1) is 11.9. The van der Waals surface area contributed by atoms with Gasteiger partial charge in [0.2, 0.25) is 14.9 Å². The van der Waals surface area contributed by atoms with E-state index in [9.17, 15) is 13.2 Å². The van der Waals surface area contributed by atoms with E-state index in [1.54, 1.807) is 6.92 Å². The van der Waals surface area contributed by atoms with Gasteiger partial charge in [-0.1, -0.05) is 12.1 Å². The van der Waals surface area contributed by atoms with Crippen molar-refractivity contribution in [2.24, 2.45) is 5.16 Å². The monoisotopic (exact) mass is 236 g/mol. The average molecular weight is 236 g/mol. The molecule has 0 radical (unpaired) electrons. The Morgan fingerprint density at radius 3 is 2.93 bits per heavy atom. The van der Waals surface area contributed by atoms with Crippen molar-refractivity contribution in [1.29, 1.82) is 0 Å². The third-order valence-corrected chi connectivity index (χ3v) is 3.23. The molecule has 1 N–H and O–H groups in total. The number of oxime groups is 1. The molecule has 1 unspecified atom stereocenters. The van der Waals surface area contributed by atoms with E-state index < -0.39 is 28.0 Å². The fourth-order valence-electron chi connectivity index (χ4n) is 1.04. The Kier molecular flexibility index (Phi) is 3.64. The molecule has 1 rings (SSSR count). The number of rotatable bonds is 2. The molecule has 0 aromatic rings. The van der Waals surface area contributed by atoms with Gasteiger partial charge in [0.1, 0.15) is 6.10 Å². The summed E-state index contributed by atoms with van der Waals surface area (Å²) in [6.07, 6.45) is -0.992. The molecule has 8 heteroatoms. The fraction of sp³-hybridized carbons (Fsp3) is 0.714. The van der Waals surface area contributed by atoms with Gasteiger partial charge in [-0.15, -0.1) is 0 Å². The second kappa shape index (κ2) is 4.58. The largest absolute Gasteiger partial charge is 0.433 e. The molecule has 1 aliphatic rings. The van der Waals surface area contributed by atoms with Gasteiger partial charge < -0.3 is 10.1 Å². The number of carbonyl (C=O) groups is 1. The SMILES string of the molecule is CCC1OCS(=O)(=O)C1=NOC(=O)NC. The first-order valence-corrected chi connectivity index (χ1v) is 5.97. The normalized spacial score (nSPS) is 26.5. The molecule has 15 heavy (non-hydrogen) atoms. The lowest BCUT2D eigenvalue weighted by Gasteiger charge is -2.03. The summed E-state index contributed by atoms with van der Waals surface area (Å²) in [7, 11) is -2.18. The van der Waals surface area contributed by atoms with E-state index in [0.717, 1.165) is 0 Å². The summed E-state index contributed by atoms with van der Waals surface area (Å²) in [4.78, 5) is 15.0. The van der Waals surface area contributed by atoms with Gasteiger partial charge in [-0.3, -0.25) is 4.84 Å². The maximum absolute atomic E-state index is 11.4. The molecular formula is C7H12N2O5S. The Balaban J connectivity index is 2.84. The summed E-state index contributed by atoms with van der Waals surface area (Å²) >= 11 is 0. The lowest BCUT2D eigenvalue weighted by Crippen LogP contribution is -2.23. The summed E-state index contributed by atoms with van der Waals surface area (Å²) < 4.78 is 27.7. The predicted octanol–water partition coefficient (Wildman–Crippen LogP) is -0.163. The molecule has 0 aliphatic carbocycles. The highest BCUT2D eigenvalue weighted by Crippen LogP contribution is 2.17. The molecule has 0 aromatic heterocycles. The van der Waals surface area contributed by atoms with Crippen LogP contribution in [0.25, 0.3) is 0 Å². The van der Waals surface area contributed by atoms with Crippen molar-refractivity contribution in [2.45, 2.75) is 19.4 Å². The van der Waals surface area contributed by atoms with Crippen molar-refractivity contribution in [1.82, 2.24) is 5.32 Å². The third-order valence-electron chi connectivity index (χ3n) is 1.81. The summed E-state index contributed by atoms with van der Waals surface area (Å²) in [6.45, 7) is 1.75. The first-order valence-electron chi connectivity index (χ1n) is 4.32. The van der Waals surface area contributed by atoms with E-state index in [1.807, 2.05) is 0 Å². The highest BCUT2D eigenvalue weighted by atomic mass is 32.2. The molecule has 1 amide bonds. The third kappa shape index (κ3) is 2.66. The van der Waals surface area contributed by atoms with Crippen molar-refractivity contribution in [2.75, 3.05) is 13.0 Å². The van der Waals surface area contributed by atoms with Crippen LogP contribution in [0.3, 0.4) is 0 Å². The molecule has 0 spiro atoms. The van der Waals surface area contributed by atoms with Crippen molar-refractivity contribution >= 4 is 21.0 Å². The summed E-state index contributed by atoms with van der Waals surface area (Å²) in [5, 5.41) is 5.21. The van der Waals surface area contributed by atoms with Crippen LogP contribution in [0.15, 0.2) is 5.16 Å². The minimum atomic E-state index is -3.53. The number of hydrogen-bond acceptors (Lipinski definition) is 6. The van der Waals surface area contributed by atoms with E-state index in [2.05, 4.69) is 15.3 Å². The van der Waals surface area contributed by atoms with Crippen LogP contribution in [-0.2, 0) is 19.4 Å². The molecule has 1 heterocycles. The quantitative estimate of drug-likeness (QED) is 0.531. The molecule has 1 saturated heterocycles. The van der Waals surface area contributed by atoms with Crippen LogP contribution in [0.5, 0.6) is 0 Å². The second-order valence-electron chi connectivity index (χ2n) is 2.85. The van der Waals surface area contributed by atoms with E-state index >= 15 is 0 Å². The average Bonchev–Trinajstić information content (AvgIpc) is 2.50. The van der Waals surface area contributed by atoms with Crippen LogP contribution in [0.1, 0.15) is 13.3 Å².